The number of rotatable bonds is 5. The SMILES string of the molecule is CC(C)NCCC(C)c1c(Br)cnn1C. The van der Waals surface area contributed by atoms with Gasteiger partial charge in [-0.15, -0.1) is 0 Å². The first-order valence-electron chi connectivity index (χ1n) is 5.43. The van der Waals surface area contributed by atoms with Crippen molar-refractivity contribution in [3.8, 4) is 0 Å². The molecular weight excluding hydrogens is 254 g/mol. The van der Waals surface area contributed by atoms with Crippen LogP contribution in [0.15, 0.2) is 10.7 Å². The van der Waals surface area contributed by atoms with Crippen LogP contribution < -0.4 is 5.32 Å². The maximum Gasteiger partial charge on any atom is 0.0635 e. The van der Waals surface area contributed by atoms with Gasteiger partial charge in [0.25, 0.3) is 0 Å². The normalized spacial score (nSPS) is 13.5. The molecule has 0 aromatic carbocycles. The van der Waals surface area contributed by atoms with Crippen LogP contribution in [-0.4, -0.2) is 22.4 Å². The van der Waals surface area contributed by atoms with Gasteiger partial charge < -0.3 is 5.32 Å². The van der Waals surface area contributed by atoms with E-state index < -0.39 is 0 Å². The number of hydrogen-bond donors (Lipinski definition) is 1. The van der Waals surface area contributed by atoms with Gasteiger partial charge in [0.2, 0.25) is 0 Å². The first kappa shape index (κ1) is 12.7. The van der Waals surface area contributed by atoms with Gasteiger partial charge in [0, 0.05) is 19.0 Å². The van der Waals surface area contributed by atoms with Crippen molar-refractivity contribution >= 4 is 15.9 Å². The van der Waals surface area contributed by atoms with Crippen LogP contribution in [0.2, 0.25) is 0 Å². The monoisotopic (exact) mass is 273 g/mol. The van der Waals surface area contributed by atoms with Crippen molar-refractivity contribution in [1.29, 1.82) is 0 Å². The molecule has 0 radical (unpaired) electrons. The Morgan fingerprint density at radius 2 is 2.13 bits per heavy atom. The van der Waals surface area contributed by atoms with Crippen LogP contribution in [0.5, 0.6) is 0 Å². The fourth-order valence-corrected chi connectivity index (χ4v) is 2.44. The van der Waals surface area contributed by atoms with Crippen molar-refractivity contribution in [3.05, 3.63) is 16.4 Å². The van der Waals surface area contributed by atoms with Crippen LogP contribution >= 0.6 is 15.9 Å². The molecule has 0 aliphatic carbocycles. The van der Waals surface area contributed by atoms with Crippen molar-refractivity contribution in [2.45, 2.75) is 39.2 Å². The molecule has 15 heavy (non-hydrogen) atoms. The Kier molecular flexibility index (Phi) is 4.80. The Morgan fingerprint density at radius 3 is 2.60 bits per heavy atom. The quantitative estimate of drug-likeness (QED) is 0.894. The zero-order valence-corrected chi connectivity index (χ0v) is 11.5. The van der Waals surface area contributed by atoms with Gasteiger partial charge in [0.15, 0.2) is 0 Å². The molecule has 4 heteroatoms. The number of aryl methyl sites for hydroxylation is 1. The Morgan fingerprint density at radius 1 is 1.47 bits per heavy atom. The molecule has 1 rings (SSSR count). The van der Waals surface area contributed by atoms with E-state index in [1.54, 1.807) is 0 Å². The van der Waals surface area contributed by atoms with Crippen molar-refractivity contribution in [1.82, 2.24) is 15.1 Å². The molecule has 0 amide bonds. The molecule has 86 valence electrons. The van der Waals surface area contributed by atoms with E-state index in [0.29, 0.717) is 12.0 Å². The van der Waals surface area contributed by atoms with Crippen LogP contribution in [-0.2, 0) is 7.05 Å². The van der Waals surface area contributed by atoms with Gasteiger partial charge in [0.05, 0.1) is 16.4 Å². The van der Waals surface area contributed by atoms with E-state index in [-0.39, 0.29) is 0 Å². The van der Waals surface area contributed by atoms with Gasteiger partial charge in [-0.05, 0) is 28.9 Å². The molecule has 3 nitrogen and oxygen atoms in total. The van der Waals surface area contributed by atoms with Crippen LogP contribution in [0.25, 0.3) is 0 Å². The highest BCUT2D eigenvalue weighted by atomic mass is 79.9. The Balaban J connectivity index is 2.50. The summed E-state index contributed by atoms with van der Waals surface area (Å²) in [6, 6.07) is 0.562. The summed E-state index contributed by atoms with van der Waals surface area (Å²) in [5.41, 5.74) is 1.28. The van der Waals surface area contributed by atoms with E-state index in [4.69, 9.17) is 0 Å². The van der Waals surface area contributed by atoms with E-state index >= 15 is 0 Å². The Labute approximate surface area is 100 Å². The second-order valence-corrected chi connectivity index (χ2v) is 5.15. The van der Waals surface area contributed by atoms with E-state index in [1.165, 1.54) is 5.69 Å². The fourth-order valence-electron chi connectivity index (χ4n) is 1.70. The third-order valence-electron chi connectivity index (χ3n) is 2.53. The molecule has 0 fully saturated rings. The van der Waals surface area contributed by atoms with Crippen LogP contribution in [0.4, 0.5) is 0 Å². The molecule has 1 atom stereocenters. The second kappa shape index (κ2) is 5.66. The lowest BCUT2D eigenvalue weighted by atomic mass is 10.0. The number of nitrogens with zero attached hydrogens (tertiary/aromatic N) is 2. The zero-order chi connectivity index (χ0) is 11.4. The summed E-state index contributed by atoms with van der Waals surface area (Å²) in [7, 11) is 1.99. The highest BCUT2D eigenvalue weighted by molar-refractivity contribution is 9.10. The molecule has 0 aliphatic rings. The van der Waals surface area contributed by atoms with Crippen LogP contribution in [0.1, 0.15) is 38.8 Å². The minimum absolute atomic E-state index is 0.526. The Hall–Kier alpha value is -0.350. The molecule has 0 aliphatic heterocycles. The molecule has 0 saturated heterocycles. The summed E-state index contributed by atoms with van der Waals surface area (Å²) in [6.07, 6.45) is 3.00. The van der Waals surface area contributed by atoms with Gasteiger partial charge in [-0.2, -0.15) is 5.10 Å². The maximum absolute atomic E-state index is 4.23. The number of halogens is 1. The molecule has 1 aromatic heterocycles. The smallest absolute Gasteiger partial charge is 0.0635 e. The lowest BCUT2D eigenvalue weighted by Crippen LogP contribution is -2.24. The summed E-state index contributed by atoms with van der Waals surface area (Å²) in [4.78, 5) is 0. The fraction of sp³-hybridized carbons (Fsp3) is 0.727. The second-order valence-electron chi connectivity index (χ2n) is 4.30. The first-order valence-corrected chi connectivity index (χ1v) is 6.22. The van der Waals surface area contributed by atoms with Crippen molar-refractivity contribution < 1.29 is 0 Å². The first-order chi connectivity index (χ1) is 7.02. The minimum Gasteiger partial charge on any atom is -0.315 e. The van der Waals surface area contributed by atoms with Crippen LogP contribution in [0.3, 0.4) is 0 Å². The van der Waals surface area contributed by atoms with Gasteiger partial charge in [-0.3, -0.25) is 4.68 Å². The largest absolute Gasteiger partial charge is 0.315 e. The summed E-state index contributed by atoms with van der Waals surface area (Å²) >= 11 is 3.53. The van der Waals surface area contributed by atoms with E-state index in [9.17, 15) is 0 Å². The highest BCUT2D eigenvalue weighted by Crippen LogP contribution is 2.25. The topological polar surface area (TPSA) is 29.9 Å². The van der Waals surface area contributed by atoms with Crippen molar-refractivity contribution in [2.75, 3.05) is 6.54 Å². The summed E-state index contributed by atoms with van der Waals surface area (Å²) < 4.78 is 3.06. The van der Waals surface area contributed by atoms with Gasteiger partial charge in [0.1, 0.15) is 0 Å². The van der Waals surface area contributed by atoms with Gasteiger partial charge >= 0.3 is 0 Å². The lowest BCUT2D eigenvalue weighted by Gasteiger charge is -2.14. The van der Waals surface area contributed by atoms with Gasteiger partial charge in [-0.1, -0.05) is 20.8 Å². The molecular formula is C11H20BrN3. The maximum atomic E-state index is 4.23. The molecule has 1 unspecified atom stereocenters. The standard InChI is InChI=1S/C11H20BrN3/c1-8(2)13-6-5-9(3)11-10(12)7-14-15(11)4/h7-9,13H,5-6H2,1-4H3. The molecule has 1 N–H and O–H groups in total. The molecule has 0 bridgehead atoms. The highest BCUT2D eigenvalue weighted by Gasteiger charge is 2.13. The zero-order valence-electron chi connectivity index (χ0n) is 9.92. The molecule has 0 spiro atoms. The van der Waals surface area contributed by atoms with Gasteiger partial charge in [-0.25, -0.2) is 0 Å². The lowest BCUT2D eigenvalue weighted by molar-refractivity contribution is 0.523. The Bertz CT molecular complexity index is 287. The minimum atomic E-state index is 0.526. The molecule has 0 saturated carbocycles. The van der Waals surface area contributed by atoms with E-state index in [2.05, 4.69) is 47.1 Å². The predicted molar refractivity (Wildman–Crippen MR) is 67.1 cm³/mol. The average Bonchev–Trinajstić information content (AvgIpc) is 2.45. The average molecular weight is 274 g/mol. The predicted octanol–water partition coefficient (Wildman–Crippen LogP) is 2.67. The summed E-state index contributed by atoms with van der Waals surface area (Å²) in [6.45, 7) is 7.63. The van der Waals surface area contributed by atoms with Crippen molar-refractivity contribution in [2.24, 2.45) is 7.05 Å². The summed E-state index contributed by atoms with van der Waals surface area (Å²) in [5, 5.41) is 7.66. The van der Waals surface area contributed by atoms with E-state index in [1.807, 2.05) is 17.9 Å². The number of aromatic nitrogens is 2. The number of hydrogen-bond acceptors (Lipinski definition) is 2. The third kappa shape index (κ3) is 3.61. The summed E-state index contributed by atoms with van der Waals surface area (Å²) in [5.74, 6) is 0.526. The van der Waals surface area contributed by atoms with Crippen molar-refractivity contribution in [3.63, 3.8) is 0 Å². The third-order valence-corrected chi connectivity index (χ3v) is 3.15. The van der Waals surface area contributed by atoms with E-state index in [0.717, 1.165) is 17.4 Å². The van der Waals surface area contributed by atoms with Crippen LogP contribution in [0, 0.1) is 0 Å². The molecule has 1 aromatic rings. The number of nitrogens with one attached hydrogen (secondary N) is 1. The molecule has 1 heterocycles.